The van der Waals surface area contributed by atoms with E-state index in [1.54, 1.807) is 6.92 Å². The van der Waals surface area contributed by atoms with E-state index < -0.39 is 5.60 Å². The first-order valence-corrected chi connectivity index (χ1v) is 7.00. The predicted octanol–water partition coefficient (Wildman–Crippen LogP) is 3.63. The lowest BCUT2D eigenvalue weighted by Gasteiger charge is -2.17. The Bertz CT molecular complexity index is 321. The van der Waals surface area contributed by atoms with Gasteiger partial charge in [0.2, 0.25) is 0 Å². The molecule has 0 aromatic heterocycles. The number of hydrogen-bond acceptors (Lipinski definition) is 3. The summed E-state index contributed by atoms with van der Waals surface area (Å²) < 4.78 is 4.84. The summed E-state index contributed by atoms with van der Waals surface area (Å²) in [4.78, 5) is 11.2. The lowest BCUT2D eigenvalue weighted by atomic mass is 9.96. The summed E-state index contributed by atoms with van der Waals surface area (Å²) >= 11 is 0. The smallest absolute Gasteiger partial charge is 0.330 e. The standard InChI is InChI=1S/C16H28O3/c1-6-19-15(17)12-14(3)10-9-13(2)8-7-11-16(4,5)18/h9-10,12-13,18H,6-8,11H2,1-5H3. The minimum Gasteiger partial charge on any atom is -0.463 e. The third-order valence-electron chi connectivity index (χ3n) is 2.77. The topological polar surface area (TPSA) is 46.5 Å². The molecule has 0 saturated heterocycles. The Kier molecular flexibility index (Phi) is 8.41. The Morgan fingerprint density at radius 1 is 1.42 bits per heavy atom. The van der Waals surface area contributed by atoms with Crippen LogP contribution in [-0.4, -0.2) is 23.3 Å². The molecular formula is C16H28O3. The molecule has 0 heterocycles. The van der Waals surface area contributed by atoms with Crippen LogP contribution in [0.25, 0.3) is 0 Å². The van der Waals surface area contributed by atoms with Gasteiger partial charge in [-0.1, -0.05) is 25.5 Å². The Labute approximate surface area is 117 Å². The number of carbonyl (C=O) groups excluding carboxylic acids is 1. The van der Waals surface area contributed by atoms with Gasteiger partial charge < -0.3 is 9.84 Å². The summed E-state index contributed by atoms with van der Waals surface area (Å²) in [7, 11) is 0. The minimum absolute atomic E-state index is 0.292. The van der Waals surface area contributed by atoms with E-state index in [1.807, 2.05) is 26.8 Å². The summed E-state index contributed by atoms with van der Waals surface area (Å²) in [6.07, 6.45) is 8.39. The maximum atomic E-state index is 11.2. The molecule has 0 aliphatic carbocycles. The average Bonchev–Trinajstić information content (AvgIpc) is 2.24. The van der Waals surface area contributed by atoms with Crippen molar-refractivity contribution in [1.82, 2.24) is 0 Å². The van der Waals surface area contributed by atoms with Crippen LogP contribution in [0, 0.1) is 5.92 Å². The van der Waals surface area contributed by atoms with Crippen molar-refractivity contribution < 1.29 is 14.6 Å². The first-order chi connectivity index (χ1) is 8.74. The van der Waals surface area contributed by atoms with Crippen molar-refractivity contribution in [3.05, 3.63) is 23.8 Å². The zero-order chi connectivity index (χ0) is 14.9. The van der Waals surface area contributed by atoms with Gasteiger partial charge in [-0.05, 0) is 52.0 Å². The molecule has 0 aromatic rings. The molecule has 0 amide bonds. The van der Waals surface area contributed by atoms with E-state index in [4.69, 9.17) is 4.74 Å². The number of hydrogen-bond donors (Lipinski definition) is 1. The molecule has 19 heavy (non-hydrogen) atoms. The van der Waals surface area contributed by atoms with E-state index in [2.05, 4.69) is 13.0 Å². The highest BCUT2D eigenvalue weighted by Gasteiger charge is 2.11. The van der Waals surface area contributed by atoms with Crippen LogP contribution in [0.2, 0.25) is 0 Å². The van der Waals surface area contributed by atoms with Crippen molar-refractivity contribution in [2.24, 2.45) is 5.92 Å². The summed E-state index contributed by atoms with van der Waals surface area (Å²) in [5.41, 5.74) is 0.316. The fourth-order valence-corrected chi connectivity index (χ4v) is 1.69. The fourth-order valence-electron chi connectivity index (χ4n) is 1.69. The number of ether oxygens (including phenoxy) is 1. The third-order valence-corrected chi connectivity index (χ3v) is 2.77. The summed E-state index contributed by atoms with van der Waals surface area (Å²) in [6.45, 7) is 9.89. The molecule has 0 aliphatic rings. The van der Waals surface area contributed by atoms with Gasteiger partial charge in [-0.25, -0.2) is 4.79 Å². The van der Waals surface area contributed by atoms with Crippen LogP contribution in [0.4, 0.5) is 0 Å². The number of allylic oxidation sites excluding steroid dienone is 3. The van der Waals surface area contributed by atoms with E-state index >= 15 is 0 Å². The second kappa shape index (κ2) is 8.92. The predicted molar refractivity (Wildman–Crippen MR) is 78.8 cm³/mol. The van der Waals surface area contributed by atoms with E-state index in [-0.39, 0.29) is 5.97 Å². The third kappa shape index (κ3) is 11.7. The summed E-state index contributed by atoms with van der Waals surface area (Å²) in [5.74, 6) is 0.146. The SMILES string of the molecule is CCOC(=O)C=C(C)C=CC(C)CCCC(C)(C)O. The Morgan fingerprint density at radius 2 is 2.05 bits per heavy atom. The highest BCUT2D eigenvalue weighted by atomic mass is 16.5. The van der Waals surface area contributed by atoms with Crippen LogP contribution in [0.5, 0.6) is 0 Å². The highest BCUT2D eigenvalue weighted by molar-refractivity contribution is 5.83. The number of aliphatic hydroxyl groups is 1. The van der Waals surface area contributed by atoms with Crippen molar-refractivity contribution in [1.29, 1.82) is 0 Å². The molecule has 1 N–H and O–H groups in total. The van der Waals surface area contributed by atoms with E-state index in [1.165, 1.54) is 6.08 Å². The normalized spacial score (nSPS) is 14.7. The van der Waals surface area contributed by atoms with Crippen LogP contribution in [0.1, 0.15) is 53.9 Å². The fraction of sp³-hybridized carbons (Fsp3) is 0.688. The van der Waals surface area contributed by atoms with Crippen LogP contribution in [-0.2, 0) is 9.53 Å². The number of carbonyl (C=O) groups is 1. The van der Waals surface area contributed by atoms with Crippen molar-refractivity contribution in [3.63, 3.8) is 0 Å². The van der Waals surface area contributed by atoms with Gasteiger partial charge in [-0.3, -0.25) is 0 Å². The zero-order valence-electron chi connectivity index (χ0n) is 12.9. The lowest BCUT2D eigenvalue weighted by Crippen LogP contribution is -2.18. The minimum atomic E-state index is -0.580. The molecule has 3 heteroatoms. The molecule has 3 nitrogen and oxygen atoms in total. The van der Waals surface area contributed by atoms with Gasteiger partial charge in [0, 0.05) is 6.08 Å². The summed E-state index contributed by atoms with van der Waals surface area (Å²) in [6, 6.07) is 0. The first-order valence-electron chi connectivity index (χ1n) is 7.00. The van der Waals surface area contributed by atoms with Gasteiger partial charge in [0.1, 0.15) is 0 Å². The maximum Gasteiger partial charge on any atom is 0.330 e. The van der Waals surface area contributed by atoms with E-state index in [9.17, 15) is 9.90 Å². The van der Waals surface area contributed by atoms with Crippen molar-refractivity contribution >= 4 is 5.97 Å². The van der Waals surface area contributed by atoms with Gasteiger partial charge in [0.25, 0.3) is 0 Å². The molecule has 0 saturated carbocycles. The van der Waals surface area contributed by atoms with E-state index in [0.717, 1.165) is 24.8 Å². The zero-order valence-corrected chi connectivity index (χ0v) is 12.9. The molecule has 1 atom stereocenters. The summed E-state index contributed by atoms with van der Waals surface area (Å²) in [5, 5.41) is 9.62. The van der Waals surface area contributed by atoms with Crippen LogP contribution >= 0.6 is 0 Å². The van der Waals surface area contributed by atoms with Crippen LogP contribution < -0.4 is 0 Å². The molecule has 0 bridgehead atoms. The molecular weight excluding hydrogens is 240 g/mol. The van der Waals surface area contributed by atoms with E-state index in [0.29, 0.717) is 12.5 Å². The average molecular weight is 268 g/mol. The Balaban J connectivity index is 4.07. The van der Waals surface area contributed by atoms with Crippen LogP contribution in [0.3, 0.4) is 0 Å². The maximum absolute atomic E-state index is 11.2. The molecule has 0 radical (unpaired) electrons. The van der Waals surface area contributed by atoms with Gasteiger partial charge in [0.05, 0.1) is 12.2 Å². The second-order valence-electron chi connectivity index (χ2n) is 5.68. The highest BCUT2D eigenvalue weighted by Crippen LogP contribution is 2.16. The molecule has 0 fully saturated rings. The largest absolute Gasteiger partial charge is 0.463 e. The Hall–Kier alpha value is -1.09. The second-order valence-corrected chi connectivity index (χ2v) is 5.68. The molecule has 0 spiro atoms. The van der Waals surface area contributed by atoms with Gasteiger partial charge in [-0.15, -0.1) is 0 Å². The number of esters is 1. The Morgan fingerprint density at radius 3 is 2.58 bits per heavy atom. The quantitative estimate of drug-likeness (QED) is 0.415. The molecule has 0 aromatic carbocycles. The molecule has 0 rings (SSSR count). The van der Waals surface area contributed by atoms with Crippen molar-refractivity contribution in [2.75, 3.05) is 6.61 Å². The number of rotatable bonds is 8. The van der Waals surface area contributed by atoms with Crippen LogP contribution in [0.15, 0.2) is 23.8 Å². The van der Waals surface area contributed by atoms with Gasteiger partial charge in [0.15, 0.2) is 0 Å². The first kappa shape index (κ1) is 17.9. The molecule has 1 unspecified atom stereocenters. The molecule has 110 valence electrons. The van der Waals surface area contributed by atoms with Crippen molar-refractivity contribution in [2.45, 2.75) is 59.5 Å². The van der Waals surface area contributed by atoms with Gasteiger partial charge >= 0.3 is 5.97 Å². The van der Waals surface area contributed by atoms with Crippen molar-refractivity contribution in [3.8, 4) is 0 Å². The van der Waals surface area contributed by atoms with Gasteiger partial charge in [-0.2, -0.15) is 0 Å². The lowest BCUT2D eigenvalue weighted by molar-refractivity contribution is -0.137. The molecule has 0 aliphatic heterocycles. The monoisotopic (exact) mass is 268 g/mol.